The molecule has 7 N–H and O–H groups in total. The molecule has 0 aliphatic heterocycles. The van der Waals surface area contributed by atoms with E-state index in [2.05, 4.69) is 0 Å². The molecule has 0 bridgehead atoms. The van der Waals surface area contributed by atoms with Gasteiger partial charge < -0.3 is 44.9 Å². The molecule has 0 saturated heterocycles. The van der Waals surface area contributed by atoms with Gasteiger partial charge in [0.15, 0.2) is 22.9 Å². The third-order valence-electron chi connectivity index (χ3n) is 4.65. The van der Waals surface area contributed by atoms with Gasteiger partial charge in [-0.3, -0.25) is 14.4 Å². The minimum atomic E-state index is -3.06. The number of hydrogen-bond donors (Lipinski definition) is 7. The molecule has 2 aromatic carbocycles. The smallest absolute Gasteiger partial charge is 0.336 e. The van der Waals surface area contributed by atoms with E-state index in [1.165, 1.54) is 0 Å². The SMILES string of the molecule is O=C(O)CC(O)(CC(=O)Oc1c(-c2ccc(O)c(O)c2)oc2cc(O)cc(O)c2c1=O)C(=O)O. The maximum Gasteiger partial charge on any atom is 0.336 e. The van der Waals surface area contributed by atoms with Gasteiger partial charge in [0, 0.05) is 17.7 Å². The molecule has 0 fully saturated rings. The average Bonchev–Trinajstić information content (AvgIpc) is 2.70. The Morgan fingerprint density at radius 1 is 0.912 bits per heavy atom. The number of aliphatic hydroxyl groups is 1. The molecule has 0 amide bonds. The van der Waals surface area contributed by atoms with Crippen LogP contribution >= 0.6 is 0 Å². The first-order valence-corrected chi connectivity index (χ1v) is 9.26. The molecule has 0 radical (unpaired) electrons. The molecular formula is C21H16O13. The van der Waals surface area contributed by atoms with E-state index in [1.807, 2.05) is 0 Å². The second kappa shape index (κ2) is 8.63. The Morgan fingerprint density at radius 2 is 1.59 bits per heavy atom. The summed E-state index contributed by atoms with van der Waals surface area (Å²) in [6.07, 6.45) is -2.74. The average molecular weight is 476 g/mol. The summed E-state index contributed by atoms with van der Waals surface area (Å²) in [5.41, 5.74) is -4.71. The lowest BCUT2D eigenvalue weighted by Crippen LogP contribution is -2.43. The van der Waals surface area contributed by atoms with Crippen LogP contribution in [0.5, 0.6) is 28.7 Å². The third kappa shape index (κ3) is 4.54. The van der Waals surface area contributed by atoms with Crippen molar-refractivity contribution in [3.63, 3.8) is 0 Å². The summed E-state index contributed by atoms with van der Waals surface area (Å²) in [5, 5.41) is 66.6. The fraction of sp³-hybridized carbons (Fsp3) is 0.143. The Bertz CT molecular complexity index is 1390. The van der Waals surface area contributed by atoms with Crippen molar-refractivity contribution in [1.82, 2.24) is 0 Å². The van der Waals surface area contributed by atoms with E-state index in [-0.39, 0.29) is 11.1 Å². The van der Waals surface area contributed by atoms with Crippen molar-refractivity contribution in [2.75, 3.05) is 0 Å². The predicted molar refractivity (Wildman–Crippen MR) is 110 cm³/mol. The van der Waals surface area contributed by atoms with Crippen LogP contribution in [0.25, 0.3) is 22.3 Å². The number of carbonyl (C=O) groups excluding carboxylic acids is 1. The zero-order chi connectivity index (χ0) is 25.4. The summed E-state index contributed by atoms with van der Waals surface area (Å²) in [5.74, 6) is -9.19. The second-order valence-corrected chi connectivity index (χ2v) is 7.19. The number of carbonyl (C=O) groups is 3. The van der Waals surface area contributed by atoms with Crippen molar-refractivity contribution < 1.29 is 59.3 Å². The molecule has 1 aromatic heterocycles. The lowest BCUT2D eigenvalue weighted by molar-refractivity contribution is -0.169. The molecule has 0 aliphatic rings. The summed E-state index contributed by atoms with van der Waals surface area (Å²) < 4.78 is 10.4. The Morgan fingerprint density at radius 3 is 2.18 bits per heavy atom. The Labute approximate surface area is 187 Å². The number of benzene rings is 2. The summed E-state index contributed by atoms with van der Waals surface area (Å²) in [6, 6.07) is 4.85. The largest absolute Gasteiger partial charge is 0.508 e. The number of aromatic hydroxyl groups is 4. The van der Waals surface area contributed by atoms with Crippen LogP contribution in [-0.4, -0.2) is 59.3 Å². The van der Waals surface area contributed by atoms with Crippen LogP contribution in [-0.2, 0) is 14.4 Å². The zero-order valence-electron chi connectivity index (χ0n) is 16.9. The van der Waals surface area contributed by atoms with Gasteiger partial charge >= 0.3 is 17.9 Å². The molecule has 178 valence electrons. The number of carboxylic acid groups (broad SMARTS) is 2. The van der Waals surface area contributed by atoms with E-state index in [9.17, 15) is 44.7 Å². The summed E-state index contributed by atoms with van der Waals surface area (Å²) in [4.78, 5) is 47.7. The van der Waals surface area contributed by atoms with Gasteiger partial charge in [-0.1, -0.05) is 0 Å². The number of fused-ring (bicyclic) bond motifs is 1. The highest BCUT2D eigenvalue weighted by Crippen LogP contribution is 2.38. The lowest BCUT2D eigenvalue weighted by atomic mass is 9.96. The fourth-order valence-electron chi connectivity index (χ4n) is 3.07. The van der Waals surface area contributed by atoms with E-state index < -0.39 is 81.7 Å². The van der Waals surface area contributed by atoms with Crippen molar-refractivity contribution >= 4 is 28.9 Å². The highest BCUT2D eigenvalue weighted by molar-refractivity contribution is 5.91. The van der Waals surface area contributed by atoms with Gasteiger partial charge in [0.1, 0.15) is 22.5 Å². The van der Waals surface area contributed by atoms with Crippen LogP contribution in [0.3, 0.4) is 0 Å². The molecule has 0 aliphatic carbocycles. The van der Waals surface area contributed by atoms with Gasteiger partial charge in [-0.05, 0) is 18.2 Å². The van der Waals surface area contributed by atoms with Gasteiger partial charge in [-0.25, -0.2) is 4.79 Å². The molecule has 0 saturated carbocycles. The van der Waals surface area contributed by atoms with Gasteiger partial charge in [-0.2, -0.15) is 0 Å². The van der Waals surface area contributed by atoms with Crippen molar-refractivity contribution in [2.45, 2.75) is 18.4 Å². The zero-order valence-corrected chi connectivity index (χ0v) is 16.9. The number of aliphatic carboxylic acids is 2. The van der Waals surface area contributed by atoms with Crippen molar-refractivity contribution in [3.8, 4) is 40.1 Å². The van der Waals surface area contributed by atoms with E-state index in [0.717, 1.165) is 30.3 Å². The molecule has 1 heterocycles. The molecular weight excluding hydrogens is 460 g/mol. The number of carboxylic acids is 2. The third-order valence-corrected chi connectivity index (χ3v) is 4.65. The summed E-state index contributed by atoms with van der Waals surface area (Å²) >= 11 is 0. The molecule has 13 nitrogen and oxygen atoms in total. The molecule has 1 atom stereocenters. The van der Waals surface area contributed by atoms with Crippen LogP contribution in [0.15, 0.2) is 39.5 Å². The topological polar surface area (TPSA) is 232 Å². The van der Waals surface area contributed by atoms with Crippen LogP contribution in [0.1, 0.15) is 12.8 Å². The monoisotopic (exact) mass is 476 g/mol. The van der Waals surface area contributed by atoms with Crippen LogP contribution in [0.4, 0.5) is 0 Å². The Kier molecular flexibility index (Phi) is 6.06. The van der Waals surface area contributed by atoms with Crippen LogP contribution < -0.4 is 10.2 Å². The van der Waals surface area contributed by atoms with Gasteiger partial charge in [0.2, 0.25) is 11.2 Å². The van der Waals surface area contributed by atoms with Crippen molar-refractivity contribution in [2.24, 2.45) is 0 Å². The van der Waals surface area contributed by atoms with Gasteiger partial charge in [0.25, 0.3) is 0 Å². The van der Waals surface area contributed by atoms with E-state index in [4.69, 9.17) is 19.4 Å². The quantitative estimate of drug-likeness (QED) is 0.185. The standard InChI is InChI=1S/C21H16O13/c22-9-4-12(25)16-13(5-9)33-18(8-1-2-10(23)11(24)3-8)19(17(16)29)34-15(28)7-21(32,20(30)31)6-14(26)27/h1-5,22-25,32H,6-7H2,(H,26,27)(H,30,31). The highest BCUT2D eigenvalue weighted by Gasteiger charge is 2.42. The first kappa shape index (κ1) is 23.9. The van der Waals surface area contributed by atoms with E-state index in [0.29, 0.717) is 0 Å². The highest BCUT2D eigenvalue weighted by atomic mass is 16.5. The lowest BCUT2D eigenvalue weighted by Gasteiger charge is -2.20. The maximum atomic E-state index is 13.1. The summed E-state index contributed by atoms with van der Waals surface area (Å²) in [6.45, 7) is 0. The van der Waals surface area contributed by atoms with Crippen molar-refractivity contribution in [1.29, 1.82) is 0 Å². The van der Waals surface area contributed by atoms with Crippen molar-refractivity contribution in [3.05, 3.63) is 40.6 Å². The number of rotatable bonds is 7. The molecule has 1 unspecified atom stereocenters. The number of ether oxygens (including phenoxy) is 1. The molecule has 0 spiro atoms. The Hall–Kier alpha value is -4.78. The molecule has 3 rings (SSSR count). The Balaban J connectivity index is 2.18. The molecule has 3 aromatic rings. The first-order chi connectivity index (χ1) is 15.8. The predicted octanol–water partition coefficient (Wildman–Crippen LogP) is 0.868. The number of phenols is 4. The first-order valence-electron chi connectivity index (χ1n) is 9.26. The molecule has 13 heteroatoms. The number of hydrogen-bond acceptors (Lipinski definition) is 11. The van der Waals surface area contributed by atoms with E-state index >= 15 is 0 Å². The van der Waals surface area contributed by atoms with E-state index in [1.54, 1.807) is 0 Å². The number of phenolic OH excluding ortho intramolecular Hbond substituents is 4. The number of esters is 1. The van der Waals surface area contributed by atoms with Gasteiger partial charge in [0.05, 0.1) is 12.8 Å². The van der Waals surface area contributed by atoms with Crippen LogP contribution in [0, 0.1) is 0 Å². The summed E-state index contributed by atoms with van der Waals surface area (Å²) in [7, 11) is 0. The maximum absolute atomic E-state index is 13.1. The fourth-order valence-corrected chi connectivity index (χ4v) is 3.07. The second-order valence-electron chi connectivity index (χ2n) is 7.19. The van der Waals surface area contributed by atoms with Crippen LogP contribution in [0.2, 0.25) is 0 Å². The van der Waals surface area contributed by atoms with Gasteiger partial charge in [-0.15, -0.1) is 0 Å². The normalized spacial score (nSPS) is 12.7. The minimum absolute atomic E-state index is 0.126. The molecule has 34 heavy (non-hydrogen) atoms. The minimum Gasteiger partial charge on any atom is -0.508 e.